The average molecular weight is 474 g/mol. The Morgan fingerprint density at radius 3 is 2.56 bits per heavy atom. The lowest BCUT2D eigenvalue weighted by Crippen LogP contribution is -2.42. The van der Waals surface area contributed by atoms with Crippen LogP contribution in [0.2, 0.25) is 0 Å². The zero-order chi connectivity index (χ0) is 24.0. The van der Waals surface area contributed by atoms with E-state index in [2.05, 4.69) is 15.2 Å². The topological polar surface area (TPSA) is 97.4 Å². The molecular formula is C22H21F3N6O3. The zero-order valence-corrected chi connectivity index (χ0v) is 18.2. The van der Waals surface area contributed by atoms with Crippen molar-refractivity contribution in [1.29, 1.82) is 0 Å². The van der Waals surface area contributed by atoms with E-state index in [-0.39, 0.29) is 42.3 Å². The lowest BCUT2D eigenvalue weighted by atomic mass is 10.1. The summed E-state index contributed by atoms with van der Waals surface area (Å²) in [6, 6.07) is 4.19. The summed E-state index contributed by atoms with van der Waals surface area (Å²) < 4.78 is 45.7. The third-order valence-electron chi connectivity index (χ3n) is 6.08. The number of hydrogen-bond acceptors (Lipinski definition) is 6. The predicted molar refractivity (Wildman–Crippen MR) is 113 cm³/mol. The van der Waals surface area contributed by atoms with Crippen LogP contribution in [0.3, 0.4) is 0 Å². The molecule has 1 fully saturated rings. The van der Waals surface area contributed by atoms with Gasteiger partial charge >= 0.3 is 6.18 Å². The van der Waals surface area contributed by atoms with Crippen LogP contribution >= 0.6 is 0 Å². The van der Waals surface area contributed by atoms with Gasteiger partial charge in [-0.05, 0) is 44.0 Å². The Labute approximate surface area is 192 Å². The van der Waals surface area contributed by atoms with Gasteiger partial charge in [0.05, 0.1) is 29.8 Å². The smallest absolute Gasteiger partial charge is 0.342 e. The number of carbonyl (C=O) groups excluding carboxylic acids is 2. The third kappa shape index (κ3) is 3.93. The maximum Gasteiger partial charge on any atom is 0.416 e. The molecule has 2 aliphatic heterocycles. The second-order valence-corrected chi connectivity index (χ2v) is 8.44. The minimum absolute atomic E-state index is 0.00496. The molecule has 1 aromatic carbocycles. The molecule has 1 atom stereocenters. The third-order valence-corrected chi connectivity index (χ3v) is 6.08. The quantitative estimate of drug-likeness (QED) is 0.576. The highest BCUT2D eigenvalue weighted by Crippen LogP contribution is 2.34. The first kappa shape index (κ1) is 22.1. The van der Waals surface area contributed by atoms with Gasteiger partial charge in [-0.25, -0.2) is 0 Å². The molecule has 0 N–H and O–H groups in total. The number of likely N-dealkylation sites (tertiary alicyclic amines) is 1. The fraction of sp³-hybridized carbons (Fsp3) is 0.409. The molecule has 0 saturated carbocycles. The molecule has 0 spiro atoms. The van der Waals surface area contributed by atoms with Crippen molar-refractivity contribution < 1.29 is 27.3 Å². The van der Waals surface area contributed by atoms with Crippen molar-refractivity contribution in [1.82, 2.24) is 24.8 Å². The Hall–Kier alpha value is -3.70. The normalized spacial score (nSPS) is 18.5. The summed E-state index contributed by atoms with van der Waals surface area (Å²) in [6.45, 7) is 3.51. The van der Waals surface area contributed by atoms with Gasteiger partial charge in [0.1, 0.15) is 5.69 Å². The number of alkyl halides is 3. The van der Waals surface area contributed by atoms with Crippen LogP contribution in [-0.2, 0) is 17.4 Å². The van der Waals surface area contributed by atoms with Crippen molar-refractivity contribution >= 4 is 17.5 Å². The van der Waals surface area contributed by atoms with E-state index in [0.717, 1.165) is 25.0 Å². The fourth-order valence-corrected chi connectivity index (χ4v) is 4.32. The van der Waals surface area contributed by atoms with Gasteiger partial charge in [0, 0.05) is 25.3 Å². The van der Waals surface area contributed by atoms with E-state index in [1.54, 1.807) is 4.90 Å². The van der Waals surface area contributed by atoms with Crippen molar-refractivity contribution in [2.24, 2.45) is 0 Å². The van der Waals surface area contributed by atoms with Crippen LogP contribution in [0.1, 0.15) is 47.7 Å². The van der Waals surface area contributed by atoms with Crippen LogP contribution in [0, 0.1) is 0 Å². The molecule has 3 aromatic rings. The first-order valence-electron chi connectivity index (χ1n) is 10.9. The summed E-state index contributed by atoms with van der Waals surface area (Å²) in [5.41, 5.74) is 0.0487. The summed E-state index contributed by atoms with van der Waals surface area (Å²) in [6.07, 6.45) is -1.08. The number of rotatable bonds is 4. The monoisotopic (exact) mass is 474 g/mol. The fourth-order valence-electron chi connectivity index (χ4n) is 4.32. The van der Waals surface area contributed by atoms with E-state index in [1.807, 2.05) is 6.92 Å². The molecule has 0 radical (unpaired) electrons. The Kier molecular flexibility index (Phi) is 5.37. The Morgan fingerprint density at radius 1 is 1.18 bits per heavy atom. The number of amides is 2. The highest BCUT2D eigenvalue weighted by Gasteiger charge is 2.36. The molecule has 0 unspecified atom stereocenters. The zero-order valence-electron chi connectivity index (χ0n) is 18.2. The molecule has 2 aromatic heterocycles. The van der Waals surface area contributed by atoms with Crippen molar-refractivity contribution in [2.75, 3.05) is 24.5 Å². The molecule has 9 nitrogen and oxygen atoms in total. The van der Waals surface area contributed by atoms with E-state index in [1.165, 1.54) is 27.9 Å². The molecular weight excluding hydrogens is 453 g/mol. The maximum atomic E-state index is 13.4. The lowest BCUT2D eigenvalue weighted by Gasteiger charge is -2.32. The standard InChI is InChI=1S/C22H21F3N6O3/c1-13-12-30(15-6-4-14(5-7-15)22(23,24)25)21(33)19-16(11-26-31(13)19)20-27-17(28-34-20)10-18(32)29-8-2-3-9-29/h4-7,11,13H,2-3,8-10,12H2,1H3/t13-/m0/s1. The molecule has 2 aliphatic rings. The number of benzene rings is 1. The molecule has 2 amide bonds. The highest BCUT2D eigenvalue weighted by atomic mass is 19.4. The second kappa shape index (κ2) is 8.26. The molecule has 178 valence electrons. The summed E-state index contributed by atoms with van der Waals surface area (Å²) >= 11 is 0. The molecule has 0 aliphatic carbocycles. The molecule has 0 bridgehead atoms. The van der Waals surface area contributed by atoms with Crippen molar-refractivity contribution in [3.05, 3.63) is 47.5 Å². The number of carbonyl (C=O) groups is 2. The maximum absolute atomic E-state index is 13.4. The number of aromatic nitrogens is 4. The van der Waals surface area contributed by atoms with Gasteiger partial charge in [0.25, 0.3) is 11.8 Å². The number of hydrogen-bond donors (Lipinski definition) is 0. The highest BCUT2D eigenvalue weighted by molar-refractivity contribution is 6.09. The van der Waals surface area contributed by atoms with Crippen LogP contribution in [0.4, 0.5) is 18.9 Å². The van der Waals surface area contributed by atoms with Crippen molar-refractivity contribution in [2.45, 2.75) is 38.4 Å². The number of fused-ring (bicyclic) bond motifs is 1. The minimum Gasteiger partial charge on any atom is -0.342 e. The van der Waals surface area contributed by atoms with E-state index >= 15 is 0 Å². The van der Waals surface area contributed by atoms with Gasteiger partial charge in [0.2, 0.25) is 5.91 Å². The molecule has 4 heterocycles. The van der Waals surface area contributed by atoms with E-state index in [4.69, 9.17) is 4.52 Å². The lowest BCUT2D eigenvalue weighted by molar-refractivity contribution is -0.137. The number of nitrogens with zero attached hydrogens (tertiary/aromatic N) is 6. The predicted octanol–water partition coefficient (Wildman–Crippen LogP) is 3.34. The van der Waals surface area contributed by atoms with Gasteiger partial charge in [-0.2, -0.15) is 23.3 Å². The van der Waals surface area contributed by atoms with Gasteiger partial charge < -0.3 is 14.3 Å². The molecule has 5 rings (SSSR count). The summed E-state index contributed by atoms with van der Waals surface area (Å²) in [5, 5.41) is 8.17. The summed E-state index contributed by atoms with van der Waals surface area (Å²) in [4.78, 5) is 33.2. The summed E-state index contributed by atoms with van der Waals surface area (Å²) in [7, 11) is 0. The Morgan fingerprint density at radius 2 is 1.88 bits per heavy atom. The minimum atomic E-state index is -4.46. The average Bonchev–Trinajstić information content (AvgIpc) is 3.56. The first-order valence-corrected chi connectivity index (χ1v) is 10.9. The van der Waals surface area contributed by atoms with Crippen LogP contribution in [-0.4, -0.2) is 56.3 Å². The van der Waals surface area contributed by atoms with E-state index in [9.17, 15) is 22.8 Å². The number of anilines is 1. The Bertz CT molecular complexity index is 1230. The van der Waals surface area contributed by atoms with E-state index < -0.39 is 17.6 Å². The van der Waals surface area contributed by atoms with Crippen LogP contribution < -0.4 is 4.90 Å². The molecule has 12 heteroatoms. The van der Waals surface area contributed by atoms with Crippen LogP contribution in [0.25, 0.3) is 11.5 Å². The van der Waals surface area contributed by atoms with Gasteiger partial charge in [-0.3, -0.25) is 14.3 Å². The van der Waals surface area contributed by atoms with Gasteiger partial charge in [0.15, 0.2) is 5.82 Å². The van der Waals surface area contributed by atoms with E-state index in [0.29, 0.717) is 24.3 Å². The van der Waals surface area contributed by atoms with Crippen molar-refractivity contribution in [3.63, 3.8) is 0 Å². The van der Waals surface area contributed by atoms with Gasteiger partial charge in [-0.1, -0.05) is 5.16 Å². The largest absolute Gasteiger partial charge is 0.416 e. The molecule has 34 heavy (non-hydrogen) atoms. The SMILES string of the molecule is C[C@H]1CN(c2ccc(C(F)(F)F)cc2)C(=O)c2c(-c3nc(CC(=O)N4CCCC4)no3)cnn21. The first-order chi connectivity index (χ1) is 16.2. The van der Waals surface area contributed by atoms with Crippen LogP contribution in [0.5, 0.6) is 0 Å². The Balaban J connectivity index is 1.41. The second-order valence-electron chi connectivity index (χ2n) is 8.44. The number of halogens is 3. The van der Waals surface area contributed by atoms with Gasteiger partial charge in [-0.15, -0.1) is 0 Å². The van der Waals surface area contributed by atoms with Crippen molar-refractivity contribution in [3.8, 4) is 11.5 Å². The molecule has 1 saturated heterocycles. The van der Waals surface area contributed by atoms with Crippen LogP contribution in [0.15, 0.2) is 35.0 Å². The summed E-state index contributed by atoms with van der Waals surface area (Å²) in [5.74, 6) is -0.263.